The number of aromatic hydroxyl groups is 1. The predicted molar refractivity (Wildman–Crippen MR) is 130 cm³/mol. The van der Waals surface area contributed by atoms with Crippen LogP contribution in [0, 0.1) is 7.14 Å². The van der Waals surface area contributed by atoms with Gasteiger partial charge in [-0.05, 0) is 93.2 Å². The van der Waals surface area contributed by atoms with E-state index in [2.05, 4.69) is 45.2 Å². The standard InChI is InChI=1S/C18H14I2N2O2S2/c1-21(2)11-3-5-12(6-4-11)22-17(24)15(26-18(22)25)9-10-7-13(19)16(23)14(20)8-10/h3-9,23H,1-2H3/b15-9+. The fourth-order valence-electron chi connectivity index (χ4n) is 2.41. The summed E-state index contributed by atoms with van der Waals surface area (Å²) in [5, 5.41) is 9.90. The summed E-state index contributed by atoms with van der Waals surface area (Å²) >= 11 is 10.9. The van der Waals surface area contributed by atoms with Crippen LogP contribution in [0.1, 0.15) is 5.56 Å². The van der Waals surface area contributed by atoms with Crippen molar-refractivity contribution < 1.29 is 9.90 Å². The van der Waals surface area contributed by atoms with Crippen molar-refractivity contribution in [3.05, 3.63) is 54.0 Å². The monoisotopic (exact) mass is 608 g/mol. The molecule has 0 atom stereocenters. The van der Waals surface area contributed by atoms with Crippen LogP contribution >= 0.6 is 69.2 Å². The number of phenols is 1. The zero-order valence-electron chi connectivity index (χ0n) is 13.9. The minimum atomic E-state index is -0.129. The highest BCUT2D eigenvalue weighted by Gasteiger charge is 2.33. The average molecular weight is 608 g/mol. The van der Waals surface area contributed by atoms with E-state index in [1.165, 1.54) is 11.8 Å². The predicted octanol–water partition coefficient (Wildman–Crippen LogP) is 5.07. The highest BCUT2D eigenvalue weighted by Crippen LogP contribution is 2.37. The summed E-state index contributed by atoms with van der Waals surface area (Å²) < 4.78 is 2.01. The van der Waals surface area contributed by atoms with E-state index in [4.69, 9.17) is 12.2 Å². The van der Waals surface area contributed by atoms with Crippen molar-refractivity contribution in [2.45, 2.75) is 0 Å². The van der Waals surface area contributed by atoms with Crippen molar-refractivity contribution >= 4 is 96.8 Å². The number of carbonyl (C=O) groups excluding carboxylic acids is 1. The minimum absolute atomic E-state index is 0.129. The van der Waals surface area contributed by atoms with Crippen molar-refractivity contribution in [3.8, 4) is 5.75 Å². The largest absolute Gasteiger partial charge is 0.506 e. The molecule has 8 heteroatoms. The Kier molecular flexibility index (Phi) is 6.14. The molecule has 0 aliphatic carbocycles. The summed E-state index contributed by atoms with van der Waals surface area (Å²) in [5.74, 6) is 0.132. The van der Waals surface area contributed by atoms with Gasteiger partial charge in [0, 0.05) is 19.8 Å². The fourth-order valence-corrected chi connectivity index (χ4v) is 5.53. The van der Waals surface area contributed by atoms with E-state index in [9.17, 15) is 9.90 Å². The van der Waals surface area contributed by atoms with Gasteiger partial charge in [-0.15, -0.1) is 0 Å². The van der Waals surface area contributed by atoms with Crippen molar-refractivity contribution in [1.29, 1.82) is 0 Å². The number of thioether (sulfide) groups is 1. The van der Waals surface area contributed by atoms with Gasteiger partial charge in [0.05, 0.1) is 17.7 Å². The van der Waals surface area contributed by atoms with Gasteiger partial charge in [-0.25, -0.2) is 0 Å². The van der Waals surface area contributed by atoms with E-state index in [0.717, 1.165) is 24.1 Å². The lowest BCUT2D eigenvalue weighted by atomic mass is 10.2. The summed E-state index contributed by atoms with van der Waals surface area (Å²) in [6.45, 7) is 0. The molecule has 4 nitrogen and oxygen atoms in total. The first kappa shape index (κ1) is 19.9. The molecular formula is C18H14I2N2O2S2. The molecule has 0 radical (unpaired) electrons. The second kappa shape index (κ2) is 8.03. The highest BCUT2D eigenvalue weighted by atomic mass is 127. The van der Waals surface area contributed by atoms with Crippen LogP contribution in [0.25, 0.3) is 6.08 Å². The number of hydrogen-bond donors (Lipinski definition) is 1. The van der Waals surface area contributed by atoms with Crippen LogP contribution in [0.3, 0.4) is 0 Å². The van der Waals surface area contributed by atoms with Gasteiger partial charge in [0.2, 0.25) is 0 Å². The SMILES string of the molecule is CN(C)c1ccc(N2C(=O)/C(=C\c3cc(I)c(O)c(I)c3)SC2=S)cc1. The molecule has 1 saturated heterocycles. The van der Waals surface area contributed by atoms with Gasteiger partial charge in [-0.3, -0.25) is 9.69 Å². The molecule has 0 bridgehead atoms. The van der Waals surface area contributed by atoms with Crippen molar-refractivity contribution in [1.82, 2.24) is 0 Å². The van der Waals surface area contributed by atoms with E-state index in [-0.39, 0.29) is 11.7 Å². The summed E-state index contributed by atoms with van der Waals surface area (Å²) in [7, 11) is 3.94. The van der Waals surface area contributed by atoms with E-state index in [1.807, 2.05) is 61.5 Å². The van der Waals surface area contributed by atoms with E-state index < -0.39 is 0 Å². The van der Waals surface area contributed by atoms with Crippen LogP contribution in [0.15, 0.2) is 41.3 Å². The van der Waals surface area contributed by atoms with Gasteiger partial charge in [-0.1, -0.05) is 24.0 Å². The van der Waals surface area contributed by atoms with Gasteiger partial charge in [0.1, 0.15) is 5.75 Å². The van der Waals surface area contributed by atoms with E-state index in [1.54, 1.807) is 4.90 Å². The molecule has 1 aliphatic rings. The number of benzene rings is 2. The number of hydrogen-bond acceptors (Lipinski definition) is 5. The molecule has 1 aliphatic heterocycles. The third kappa shape index (κ3) is 4.02. The van der Waals surface area contributed by atoms with Crippen LogP contribution in [0.5, 0.6) is 5.75 Å². The molecular weight excluding hydrogens is 594 g/mol. The smallest absolute Gasteiger partial charge is 0.270 e. The Bertz CT molecular complexity index is 904. The average Bonchev–Trinajstić information content (AvgIpc) is 2.86. The van der Waals surface area contributed by atoms with Crippen LogP contribution in [0.2, 0.25) is 0 Å². The first-order valence-electron chi connectivity index (χ1n) is 7.51. The normalized spacial score (nSPS) is 15.8. The molecule has 1 fully saturated rings. The highest BCUT2D eigenvalue weighted by molar-refractivity contribution is 14.1. The zero-order chi connectivity index (χ0) is 19.0. The number of amides is 1. The molecule has 1 amide bonds. The molecule has 134 valence electrons. The fraction of sp³-hybridized carbons (Fsp3) is 0.111. The van der Waals surface area contributed by atoms with Crippen LogP contribution in [0.4, 0.5) is 11.4 Å². The van der Waals surface area contributed by atoms with Gasteiger partial charge in [-0.2, -0.15) is 0 Å². The third-order valence-electron chi connectivity index (χ3n) is 3.76. The molecule has 0 unspecified atom stereocenters. The van der Waals surface area contributed by atoms with Crippen LogP contribution in [-0.4, -0.2) is 29.4 Å². The van der Waals surface area contributed by atoms with Crippen LogP contribution in [-0.2, 0) is 4.79 Å². The molecule has 26 heavy (non-hydrogen) atoms. The Hall–Kier alpha value is -0.850. The summed E-state index contributed by atoms with van der Waals surface area (Å²) in [6, 6.07) is 11.4. The van der Waals surface area contributed by atoms with E-state index in [0.29, 0.717) is 9.23 Å². The quantitative estimate of drug-likeness (QED) is 0.300. The molecule has 2 aromatic rings. The zero-order valence-corrected chi connectivity index (χ0v) is 19.8. The Labute approximate surface area is 188 Å². The summed E-state index contributed by atoms with van der Waals surface area (Å²) in [4.78, 5) is 17.0. The lowest BCUT2D eigenvalue weighted by Crippen LogP contribution is -2.27. The molecule has 0 aromatic heterocycles. The van der Waals surface area contributed by atoms with Gasteiger partial charge in [0.25, 0.3) is 5.91 Å². The Balaban J connectivity index is 1.91. The summed E-state index contributed by atoms with van der Waals surface area (Å²) in [6.07, 6.45) is 1.82. The molecule has 1 heterocycles. The number of thiocarbonyl (C=S) groups is 1. The van der Waals surface area contributed by atoms with Crippen molar-refractivity contribution in [2.24, 2.45) is 0 Å². The number of halogens is 2. The van der Waals surface area contributed by atoms with Crippen LogP contribution < -0.4 is 9.80 Å². The van der Waals surface area contributed by atoms with Gasteiger partial charge >= 0.3 is 0 Å². The first-order valence-corrected chi connectivity index (χ1v) is 10.9. The Morgan fingerprint density at radius 1 is 1.15 bits per heavy atom. The molecule has 3 rings (SSSR count). The number of anilines is 2. The topological polar surface area (TPSA) is 43.8 Å². The molecule has 1 N–H and O–H groups in total. The second-order valence-electron chi connectivity index (χ2n) is 5.76. The minimum Gasteiger partial charge on any atom is -0.506 e. The first-order chi connectivity index (χ1) is 12.3. The molecule has 0 saturated carbocycles. The second-order valence-corrected chi connectivity index (χ2v) is 9.76. The molecule has 0 spiro atoms. The van der Waals surface area contributed by atoms with Crippen molar-refractivity contribution in [2.75, 3.05) is 23.9 Å². The van der Waals surface area contributed by atoms with Gasteiger partial charge in [0.15, 0.2) is 4.32 Å². The van der Waals surface area contributed by atoms with E-state index >= 15 is 0 Å². The maximum Gasteiger partial charge on any atom is 0.270 e. The maximum atomic E-state index is 12.9. The third-order valence-corrected chi connectivity index (χ3v) is 6.70. The Morgan fingerprint density at radius 2 is 1.73 bits per heavy atom. The number of carbonyl (C=O) groups is 1. The number of nitrogens with zero attached hydrogens (tertiary/aromatic N) is 2. The van der Waals surface area contributed by atoms with Gasteiger partial charge < -0.3 is 10.0 Å². The number of phenolic OH excluding ortho intramolecular Hbond substituents is 1. The molecule has 2 aromatic carbocycles. The maximum absolute atomic E-state index is 12.9. The lowest BCUT2D eigenvalue weighted by Gasteiger charge is -2.17. The summed E-state index contributed by atoms with van der Waals surface area (Å²) in [5.41, 5.74) is 2.68. The van der Waals surface area contributed by atoms with Crippen molar-refractivity contribution in [3.63, 3.8) is 0 Å². The number of rotatable bonds is 3. The lowest BCUT2D eigenvalue weighted by molar-refractivity contribution is -0.113. The Morgan fingerprint density at radius 3 is 2.27 bits per heavy atom.